The van der Waals surface area contributed by atoms with E-state index in [0.29, 0.717) is 0 Å². The van der Waals surface area contributed by atoms with Crippen LogP contribution in [0.2, 0.25) is 10.6 Å². The van der Waals surface area contributed by atoms with Gasteiger partial charge in [-0.05, 0) is 23.2 Å². The van der Waals surface area contributed by atoms with Crippen molar-refractivity contribution in [2.75, 3.05) is 30.0 Å². The van der Waals surface area contributed by atoms with Gasteiger partial charge in [0, 0.05) is 7.05 Å². The van der Waals surface area contributed by atoms with Crippen LogP contribution in [0.25, 0.3) is 0 Å². The van der Waals surface area contributed by atoms with Crippen LogP contribution in [0.15, 0.2) is 0 Å². The summed E-state index contributed by atoms with van der Waals surface area (Å²) in [4.78, 5) is 33.9. The van der Waals surface area contributed by atoms with Crippen molar-refractivity contribution in [3.63, 3.8) is 0 Å². The summed E-state index contributed by atoms with van der Waals surface area (Å²) < 4.78 is 4.90. The molecule has 2 aromatic rings. The molecule has 2 aromatic heterocycles. The Hall–Kier alpha value is -2.53. The topological polar surface area (TPSA) is 154 Å². The molecule has 0 aliphatic rings. The number of nitrogens with one attached hydrogen (secondary N) is 2. The molecule has 22 heavy (non-hydrogen) atoms. The van der Waals surface area contributed by atoms with E-state index in [1.54, 1.807) is 7.05 Å². The summed E-state index contributed by atoms with van der Waals surface area (Å²) in [5, 5.41) is 4.99. The first kappa shape index (κ1) is 15.9. The minimum atomic E-state index is -0.709. The van der Waals surface area contributed by atoms with Crippen molar-refractivity contribution in [1.29, 1.82) is 0 Å². The molecule has 0 aliphatic heterocycles. The van der Waals surface area contributed by atoms with Gasteiger partial charge in [0.2, 0.25) is 28.4 Å². The number of esters is 1. The Labute approximate surface area is 133 Å². The number of nitrogen functional groups attached to an aromatic ring is 1. The average Bonchev–Trinajstić information content (AvgIpc) is 2.43. The summed E-state index contributed by atoms with van der Waals surface area (Å²) in [7, 11) is 1.58. The summed E-state index contributed by atoms with van der Waals surface area (Å²) in [5.41, 5.74) is 5.39. The van der Waals surface area contributed by atoms with E-state index in [4.69, 9.17) is 33.7 Å². The van der Waals surface area contributed by atoms with E-state index >= 15 is 0 Å². The van der Waals surface area contributed by atoms with Crippen molar-refractivity contribution < 1.29 is 9.53 Å². The Morgan fingerprint density at radius 1 is 1.09 bits per heavy atom. The lowest BCUT2D eigenvalue weighted by molar-refractivity contribution is -0.132. The lowest BCUT2D eigenvalue weighted by Crippen LogP contribution is -2.22. The summed E-state index contributed by atoms with van der Waals surface area (Å²) in [6.07, 6.45) is 0. The number of carbonyl (C=O) groups excluding carboxylic acids is 1. The second-order valence-corrected chi connectivity index (χ2v) is 4.25. The number of hydrogen-bond acceptors (Lipinski definition) is 11. The molecule has 116 valence electrons. The van der Waals surface area contributed by atoms with Gasteiger partial charge in [0.1, 0.15) is 6.54 Å². The Kier molecular flexibility index (Phi) is 5.01. The smallest absolute Gasteiger partial charge is 0.333 e. The number of rotatable bonds is 5. The maximum absolute atomic E-state index is 11.7. The first-order chi connectivity index (χ1) is 10.5. The van der Waals surface area contributed by atoms with Crippen molar-refractivity contribution >= 4 is 47.0 Å². The van der Waals surface area contributed by atoms with Gasteiger partial charge in [0.25, 0.3) is 0 Å². The number of aromatic nitrogens is 6. The molecule has 0 unspecified atom stereocenters. The second kappa shape index (κ2) is 6.95. The number of anilines is 3. The SMILES string of the molecule is CNc1nc(Cl)nc(OC(=O)CNc2nc(N)nc(Cl)n2)n1. The highest BCUT2D eigenvalue weighted by Gasteiger charge is 2.11. The third-order valence-corrected chi connectivity index (χ3v) is 2.37. The van der Waals surface area contributed by atoms with Crippen molar-refractivity contribution in [1.82, 2.24) is 29.9 Å². The van der Waals surface area contributed by atoms with Crippen LogP contribution in [0.4, 0.5) is 17.8 Å². The fourth-order valence-electron chi connectivity index (χ4n) is 1.22. The van der Waals surface area contributed by atoms with Gasteiger partial charge in [0.05, 0.1) is 0 Å². The maximum atomic E-state index is 11.7. The molecule has 0 saturated carbocycles. The van der Waals surface area contributed by atoms with E-state index in [-0.39, 0.29) is 41.0 Å². The molecule has 2 rings (SSSR count). The Morgan fingerprint density at radius 3 is 2.45 bits per heavy atom. The summed E-state index contributed by atoms with van der Waals surface area (Å²) in [5.74, 6) is -0.606. The fourth-order valence-corrected chi connectivity index (χ4v) is 1.54. The summed E-state index contributed by atoms with van der Waals surface area (Å²) >= 11 is 11.3. The van der Waals surface area contributed by atoms with Gasteiger partial charge in [-0.1, -0.05) is 0 Å². The van der Waals surface area contributed by atoms with Crippen LogP contribution < -0.4 is 21.1 Å². The molecular weight excluding hydrogens is 337 g/mol. The largest absolute Gasteiger partial charge is 0.389 e. The van der Waals surface area contributed by atoms with Gasteiger partial charge >= 0.3 is 12.0 Å². The number of hydrogen-bond donors (Lipinski definition) is 3. The number of nitrogens with two attached hydrogens (primary N) is 1. The van der Waals surface area contributed by atoms with Gasteiger partial charge in [-0.25, -0.2) is 4.79 Å². The number of ether oxygens (including phenoxy) is 1. The van der Waals surface area contributed by atoms with E-state index in [1.165, 1.54) is 0 Å². The maximum Gasteiger partial charge on any atom is 0.333 e. The van der Waals surface area contributed by atoms with Crippen LogP contribution in [-0.2, 0) is 4.79 Å². The molecule has 0 aromatic carbocycles. The summed E-state index contributed by atoms with van der Waals surface area (Å²) in [6.45, 7) is -0.280. The van der Waals surface area contributed by atoms with Gasteiger partial charge in [-0.15, -0.1) is 0 Å². The first-order valence-corrected chi connectivity index (χ1v) is 6.43. The third kappa shape index (κ3) is 4.49. The molecule has 13 heteroatoms. The van der Waals surface area contributed by atoms with Gasteiger partial charge in [0.15, 0.2) is 0 Å². The molecule has 0 fully saturated rings. The molecule has 0 amide bonds. The molecule has 0 radical (unpaired) electrons. The highest BCUT2D eigenvalue weighted by atomic mass is 35.5. The Bertz CT molecular complexity index is 679. The quantitative estimate of drug-likeness (QED) is 0.627. The predicted octanol–water partition coefficient (Wildman–Crippen LogP) is 0.00480. The molecular formula is C9H9Cl2N9O2. The minimum Gasteiger partial charge on any atom is -0.389 e. The summed E-state index contributed by atoms with van der Waals surface area (Å²) in [6, 6.07) is -0.246. The van der Waals surface area contributed by atoms with E-state index < -0.39 is 5.97 Å². The number of nitrogens with zero attached hydrogens (tertiary/aromatic N) is 6. The van der Waals surface area contributed by atoms with E-state index in [9.17, 15) is 4.79 Å². The van der Waals surface area contributed by atoms with Crippen LogP contribution in [0.5, 0.6) is 6.01 Å². The van der Waals surface area contributed by atoms with Gasteiger partial charge in [-0.2, -0.15) is 29.9 Å². The fraction of sp³-hybridized carbons (Fsp3) is 0.222. The molecule has 4 N–H and O–H groups in total. The number of halogens is 2. The molecule has 0 bridgehead atoms. The van der Waals surface area contributed by atoms with Crippen molar-refractivity contribution in [3.05, 3.63) is 10.6 Å². The first-order valence-electron chi connectivity index (χ1n) is 5.67. The van der Waals surface area contributed by atoms with E-state index in [1.807, 2.05) is 0 Å². The zero-order valence-electron chi connectivity index (χ0n) is 11.0. The highest BCUT2D eigenvalue weighted by Crippen LogP contribution is 2.11. The average molecular weight is 346 g/mol. The Balaban J connectivity index is 1.97. The standard InChI is InChI=1S/C9H9Cl2N9O2/c1-13-7-16-5(11)18-9(20-7)22-3(21)2-14-8-17-4(10)15-6(12)19-8/h2H2,1H3,(H,13,16,18,20)(H3,12,14,15,17,19). The second-order valence-electron chi connectivity index (χ2n) is 3.57. The normalized spacial score (nSPS) is 10.1. The lowest BCUT2D eigenvalue weighted by Gasteiger charge is -2.06. The van der Waals surface area contributed by atoms with Crippen LogP contribution in [0.3, 0.4) is 0 Å². The van der Waals surface area contributed by atoms with Gasteiger partial charge < -0.3 is 21.1 Å². The molecule has 0 spiro atoms. The zero-order chi connectivity index (χ0) is 16.1. The van der Waals surface area contributed by atoms with Crippen molar-refractivity contribution in [2.45, 2.75) is 0 Å². The molecule has 0 atom stereocenters. The van der Waals surface area contributed by atoms with Crippen molar-refractivity contribution in [3.8, 4) is 6.01 Å². The van der Waals surface area contributed by atoms with Crippen LogP contribution in [-0.4, -0.2) is 49.5 Å². The van der Waals surface area contributed by atoms with Gasteiger partial charge in [-0.3, -0.25) is 0 Å². The number of carbonyl (C=O) groups is 1. The van der Waals surface area contributed by atoms with Crippen LogP contribution >= 0.6 is 23.2 Å². The molecule has 0 aliphatic carbocycles. The molecule has 2 heterocycles. The Morgan fingerprint density at radius 2 is 1.77 bits per heavy atom. The molecule has 11 nitrogen and oxygen atoms in total. The minimum absolute atomic E-state index is 0.0269. The van der Waals surface area contributed by atoms with Crippen LogP contribution in [0, 0.1) is 0 Å². The molecule has 0 saturated heterocycles. The lowest BCUT2D eigenvalue weighted by atomic mass is 10.6. The highest BCUT2D eigenvalue weighted by molar-refractivity contribution is 6.28. The monoisotopic (exact) mass is 345 g/mol. The van der Waals surface area contributed by atoms with Crippen LogP contribution in [0.1, 0.15) is 0 Å². The third-order valence-electron chi connectivity index (χ3n) is 2.03. The predicted molar refractivity (Wildman–Crippen MR) is 77.8 cm³/mol. The van der Waals surface area contributed by atoms with E-state index in [2.05, 4.69) is 40.5 Å². The van der Waals surface area contributed by atoms with E-state index in [0.717, 1.165) is 0 Å². The zero-order valence-corrected chi connectivity index (χ0v) is 12.6. The van der Waals surface area contributed by atoms with Crippen molar-refractivity contribution in [2.24, 2.45) is 0 Å².